The van der Waals surface area contributed by atoms with Crippen molar-refractivity contribution in [1.29, 1.82) is 0 Å². The van der Waals surface area contributed by atoms with Gasteiger partial charge in [-0.2, -0.15) is 5.10 Å². The summed E-state index contributed by atoms with van der Waals surface area (Å²) in [5.41, 5.74) is 1.68. The molecule has 1 rings (SSSR count). The fourth-order valence-electron chi connectivity index (χ4n) is 0.885. The van der Waals surface area contributed by atoms with E-state index in [-0.39, 0.29) is 6.10 Å². The van der Waals surface area contributed by atoms with Crippen molar-refractivity contribution < 1.29 is 5.11 Å². The zero-order valence-corrected chi connectivity index (χ0v) is 8.78. The molecule has 0 bridgehead atoms. The monoisotopic (exact) mass is 196 g/mol. The number of aliphatic hydroxyl groups is 1. The molecule has 1 aromatic heterocycles. The lowest BCUT2D eigenvalue weighted by atomic mass is 10.3. The van der Waals surface area contributed by atoms with Gasteiger partial charge in [-0.15, -0.1) is 5.10 Å². The smallest absolute Gasteiger partial charge is 0.243 e. The zero-order chi connectivity index (χ0) is 10.6. The van der Waals surface area contributed by atoms with Crippen molar-refractivity contribution in [2.24, 2.45) is 0 Å². The Labute approximate surface area is 83.6 Å². The highest BCUT2D eigenvalue weighted by Gasteiger charge is 2.03. The van der Waals surface area contributed by atoms with Crippen LogP contribution in [0.25, 0.3) is 0 Å². The maximum absolute atomic E-state index is 9.30. The average Bonchev–Trinajstić information content (AvgIpc) is 2.19. The summed E-state index contributed by atoms with van der Waals surface area (Å²) in [4.78, 5) is 4.18. The van der Waals surface area contributed by atoms with Crippen molar-refractivity contribution in [3.63, 3.8) is 0 Å². The lowest BCUT2D eigenvalue weighted by molar-refractivity contribution is 0.183. The summed E-state index contributed by atoms with van der Waals surface area (Å²) in [6.45, 7) is 6.12. The molecule has 5 nitrogen and oxygen atoms in total. The third kappa shape index (κ3) is 2.92. The first-order valence-corrected chi connectivity index (χ1v) is 4.73. The largest absolute Gasteiger partial charge is 0.391 e. The summed E-state index contributed by atoms with van der Waals surface area (Å²) < 4.78 is 0. The predicted octanol–water partition coefficient (Wildman–Crippen LogP) is 0.671. The Morgan fingerprint density at radius 2 is 2.00 bits per heavy atom. The molecule has 0 aliphatic heterocycles. The Morgan fingerprint density at radius 1 is 1.29 bits per heavy atom. The van der Waals surface area contributed by atoms with Crippen LogP contribution >= 0.6 is 0 Å². The molecule has 0 spiro atoms. The van der Waals surface area contributed by atoms with Crippen molar-refractivity contribution in [3.05, 3.63) is 11.4 Å². The molecule has 2 N–H and O–H groups in total. The van der Waals surface area contributed by atoms with Gasteiger partial charge in [0.1, 0.15) is 0 Å². The lowest BCUT2D eigenvalue weighted by Gasteiger charge is -2.09. The quantitative estimate of drug-likeness (QED) is 0.740. The van der Waals surface area contributed by atoms with Crippen LogP contribution < -0.4 is 5.32 Å². The second-order valence-electron chi connectivity index (χ2n) is 3.25. The molecule has 0 saturated carbocycles. The van der Waals surface area contributed by atoms with Crippen molar-refractivity contribution in [2.75, 3.05) is 11.9 Å². The van der Waals surface area contributed by atoms with Gasteiger partial charge in [0.05, 0.1) is 17.5 Å². The van der Waals surface area contributed by atoms with Gasteiger partial charge in [-0.25, -0.2) is 4.98 Å². The number of rotatable bonds is 4. The van der Waals surface area contributed by atoms with E-state index in [1.54, 1.807) is 0 Å². The van der Waals surface area contributed by atoms with Crippen LogP contribution in [0.2, 0.25) is 0 Å². The Kier molecular flexibility index (Phi) is 3.76. The van der Waals surface area contributed by atoms with Gasteiger partial charge in [0.25, 0.3) is 0 Å². The Balaban J connectivity index is 2.55. The van der Waals surface area contributed by atoms with Gasteiger partial charge in [-0.1, -0.05) is 6.92 Å². The standard InChI is InChI=1S/C9H16N4O/c1-4-8(14)5-10-9-11-6(2)7(3)12-13-9/h8,14H,4-5H2,1-3H3,(H,10,11,13)/t8-/m0/s1. The molecule has 0 aliphatic rings. The van der Waals surface area contributed by atoms with Gasteiger partial charge >= 0.3 is 0 Å². The maximum atomic E-state index is 9.30. The Hall–Kier alpha value is -1.23. The molecule has 0 amide bonds. The van der Waals surface area contributed by atoms with Crippen LogP contribution in [0, 0.1) is 13.8 Å². The Morgan fingerprint density at radius 3 is 2.57 bits per heavy atom. The molecule has 1 heterocycles. The van der Waals surface area contributed by atoms with E-state index in [0.29, 0.717) is 18.9 Å². The predicted molar refractivity (Wildman–Crippen MR) is 54.1 cm³/mol. The topological polar surface area (TPSA) is 70.9 Å². The fourth-order valence-corrected chi connectivity index (χ4v) is 0.885. The van der Waals surface area contributed by atoms with E-state index >= 15 is 0 Å². The molecule has 14 heavy (non-hydrogen) atoms. The van der Waals surface area contributed by atoms with E-state index in [4.69, 9.17) is 0 Å². The lowest BCUT2D eigenvalue weighted by Crippen LogP contribution is -2.20. The van der Waals surface area contributed by atoms with E-state index in [1.165, 1.54) is 0 Å². The average molecular weight is 196 g/mol. The molecular formula is C9H16N4O. The second kappa shape index (κ2) is 4.85. The summed E-state index contributed by atoms with van der Waals surface area (Å²) in [6.07, 6.45) is 0.353. The summed E-state index contributed by atoms with van der Waals surface area (Å²) in [6, 6.07) is 0. The Bertz CT molecular complexity index is 303. The van der Waals surface area contributed by atoms with Gasteiger partial charge in [-0.05, 0) is 20.3 Å². The molecule has 1 atom stereocenters. The zero-order valence-electron chi connectivity index (χ0n) is 8.78. The third-order valence-electron chi connectivity index (χ3n) is 2.06. The molecule has 78 valence electrons. The van der Waals surface area contributed by atoms with Crippen LogP contribution in [0.15, 0.2) is 0 Å². The van der Waals surface area contributed by atoms with E-state index < -0.39 is 0 Å². The van der Waals surface area contributed by atoms with Crippen molar-refractivity contribution in [1.82, 2.24) is 15.2 Å². The minimum absolute atomic E-state index is 0.361. The number of nitrogens with one attached hydrogen (secondary N) is 1. The van der Waals surface area contributed by atoms with E-state index in [9.17, 15) is 5.11 Å². The van der Waals surface area contributed by atoms with Gasteiger partial charge < -0.3 is 10.4 Å². The van der Waals surface area contributed by atoms with Gasteiger partial charge in [0.15, 0.2) is 0 Å². The van der Waals surface area contributed by atoms with Crippen LogP contribution in [0.3, 0.4) is 0 Å². The second-order valence-corrected chi connectivity index (χ2v) is 3.25. The van der Waals surface area contributed by atoms with Gasteiger partial charge in [0, 0.05) is 6.54 Å². The highest BCUT2D eigenvalue weighted by atomic mass is 16.3. The van der Waals surface area contributed by atoms with Crippen molar-refractivity contribution in [3.8, 4) is 0 Å². The SMILES string of the molecule is CC[C@H](O)CNc1nnc(C)c(C)n1. The molecule has 0 radical (unpaired) electrons. The molecular weight excluding hydrogens is 180 g/mol. The number of aryl methyl sites for hydroxylation is 2. The van der Waals surface area contributed by atoms with Crippen LogP contribution in [0.4, 0.5) is 5.95 Å². The van der Waals surface area contributed by atoms with Gasteiger partial charge in [0.2, 0.25) is 5.95 Å². The van der Waals surface area contributed by atoms with E-state index in [1.807, 2.05) is 20.8 Å². The van der Waals surface area contributed by atoms with Crippen LogP contribution in [0.1, 0.15) is 24.7 Å². The number of aliphatic hydroxyl groups excluding tert-OH is 1. The molecule has 0 aliphatic carbocycles. The minimum atomic E-state index is -0.361. The number of hydrogen-bond acceptors (Lipinski definition) is 5. The number of hydrogen-bond donors (Lipinski definition) is 2. The summed E-state index contributed by atoms with van der Waals surface area (Å²) in [7, 11) is 0. The van der Waals surface area contributed by atoms with Crippen molar-refractivity contribution >= 4 is 5.95 Å². The molecule has 0 fully saturated rings. The number of nitrogens with zero attached hydrogens (tertiary/aromatic N) is 3. The third-order valence-corrected chi connectivity index (χ3v) is 2.06. The van der Waals surface area contributed by atoms with Crippen LogP contribution in [0.5, 0.6) is 0 Å². The number of aromatic nitrogens is 3. The summed E-state index contributed by atoms with van der Waals surface area (Å²) in [5.74, 6) is 0.473. The molecule has 0 unspecified atom stereocenters. The first kappa shape index (κ1) is 10.8. The highest BCUT2D eigenvalue weighted by molar-refractivity contribution is 5.24. The minimum Gasteiger partial charge on any atom is -0.391 e. The molecule has 5 heteroatoms. The fraction of sp³-hybridized carbons (Fsp3) is 0.667. The van der Waals surface area contributed by atoms with E-state index in [2.05, 4.69) is 20.5 Å². The number of anilines is 1. The molecule has 1 aromatic rings. The first-order valence-electron chi connectivity index (χ1n) is 4.73. The van der Waals surface area contributed by atoms with E-state index in [0.717, 1.165) is 11.4 Å². The maximum Gasteiger partial charge on any atom is 0.243 e. The van der Waals surface area contributed by atoms with Crippen LogP contribution in [-0.4, -0.2) is 32.9 Å². The normalized spacial score (nSPS) is 12.6. The van der Waals surface area contributed by atoms with Crippen LogP contribution in [-0.2, 0) is 0 Å². The highest BCUT2D eigenvalue weighted by Crippen LogP contribution is 2.02. The molecule has 0 aromatic carbocycles. The summed E-state index contributed by atoms with van der Waals surface area (Å²) in [5, 5.41) is 20.0. The van der Waals surface area contributed by atoms with Gasteiger partial charge in [-0.3, -0.25) is 0 Å². The first-order chi connectivity index (χ1) is 6.63. The summed E-state index contributed by atoms with van der Waals surface area (Å²) >= 11 is 0. The van der Waals surface area contributed by atoms with Crippen molar-refractivity contribution in [2.45, 2.75) is 33.3 Å². The molecule has 0 saturated heterocycles.